The lowest BCUT2D eigenvalue weighted by Gasteiger charge is -2.31. The summed E-state index contributed by atoms with van der Waals surface area (Å²) in [4.78, 5) is 14.2. The van der Waals surface area contributed by atoms with Crippen molar-refractivity contribution in [2.24, 2.45) is 5.92 Å². The molecule has 0 aliphatic carbocycles. The smallest absolute Gasteiger partial charge is 0.234 e. The Morgan fingerprint density at radius 3 is 2.77 bits per heavy atom. The fourth-order valence-electron chi connectivity index (χ4n) is 2.28. The quantitative estimate of drug-likeness (QED) is 0.817. The molecule has 1 heterocycles. The summed E-state index contributed by atoms with van der Waals surface area (Å²) in [7, 11) is 0. The number of carbonyl (C=O) groups excluding carboxylic acids is 1. The first kappa shape index (κ1) is 17.6. The van der Waals surface area contributed by atoms with E-state index in [4.69, 9.17) is 23.8 Å². The zero-order valence-electron chi connectivity index (χ0n) is 12.9. The molecular weight excluding hydrogens is 336 g/mol. The minimum atomic E-state index is -0.0577. The van der Waals surface area contributed by atoms with Gasteiger partial charge >= 0.3 is 0 Å². The fraction of sp³-hybridized carbons (Fsp3) is 0.500. The lowest BCUT2D eigenvalue weighted by Crippen LogP contribution is -2.36. The Balaban J connectivity index is 1.77. The monoisotopic (exact) mass is 356 g/mol. The Kier molecular flexibility index (Phi) is 6.53. The highest BCUT2D eigenvalue weighted by atomic mass is 35.5. The molecule has 3 nitrogen and oxygen atoms in total. The van der Waals surface area contributed by atoms with Gasteiger partial charge in [-0.3, -0.25) is 4.79 Å². The molecule has 1 aromatic carbocycles. The molecule has 1 N–H and O–H groups in total. The van der Waals surface area contributed by atoms with E-state index in [2.05, 4.69) is 17.1 Å². The molecule has 0 aromatic heterocycles. The molecule has 0 unspecified atom stereocenters. The van der Waals surface area contributed by atoms with Crippen LogP contribution in [0.5, 0.6) is 0 Å². The van der Waals surface area contributed by atoms with E-state index in [1.54, 1.807) is 6.07 Å². The highest BCUT2D eigenvalue weighted by molar-refractivity contribution is 8.23. The highest BCUT2D eigenvalue weighted by Gasteiger charge is 2.18. The van der Waals surface area contributed by atoms with Crippen molar-refractivity contribution in [3.63, 3.8) is 0 Å². The Morgan fingerprint density at radius 2 is 2.14 bits per heavy atom. The van der Waals surface area contributed by atoms with Gasteiger partial charge in [-0.15, -0.1) is 0 Å². The second-order valence-corrected chi connectivity index (χ2v) is 7.75. The number of hydrogen-bond acceptors (Lipinski definition) is 3. The normalized spacial score (nSPS) is 15.7. The zero-order valence-corrected chi connectivity index (χ0v) is 15.3. The van der Waals surface area contributed by atoms with Crippen LogP contribution in [0.4, 0.5) is 5.69 Å². The minimum Gasteiger partial charge on any atom is -0.357 e. The van der Waals surface area contributed by atoms with Crippen LogP contribution in [0, 0.1) is 12.8 Å². The summed E-state index contributed by atoms with van der Waals surface area (Å²) < 4.78 is 0.823. The molecule has 1 amide bonds. The van der Waals surface area contributed by atoms with E-state index in [-0.39, 0.29) is 5.91 Å². The number of thioether (sulfide) groups is 1. The molecule has 0 saturated carbocycles. The number of aryl methyl sites for hydroxylation is 1. The van der Waals surface area contributed by atoms with E-state index in [0.717, 1.165) is 34.6 Å². The Hall–Kier alpha value is -0.780. The third kappa shape index (κ3) is 5.14. The lowest BCUT2D eigenvalue weighted by molar-refractivity contribution is -0.113. The maximum absolute atomic E-state index is 12.0. The van der Waals surface area contributed by atoms with E-state index in [0.29, 0.717) is 10.8 Å². The van der Waals surface area contributed by atoms with E-state index in [1.165, 1.54) is 24.6 Å². The average Bonchev–Trinajstić information content (AvgIpc) is 2.49. The summed E-state index contributed by atoms with van der Waals surface area (Å²) in [5.74, 6) is 1.05. The molecule has 22 heavy (non-hydrogen) atoms. The van der Waals surface area contributed by atoms with Crippen LogP contribution in [0.2, 0.25) is 5.02 Å². The molecule has 0 radical (unpaired) electrons. The van der Waals surface area contributed by atoms with E-state index < -0.39 is 0 Å². The van der Waals surface area contributed by atoms with Crippen molar-refractivity contribution in [3.8, 4) is 0 Å². The van der Waals surface area contributed by atoms with E-state index in [1.807, 2.05) is 19.1 Å². The number of nitrogens with zero attached hydrogens (tertiary/aromatic N) is 1. The number of nitrogens with one attached hydrogen (secondary N) is 1. The first-order chi connectivity index (χ1) is 10.5. The summed E-state index contributed by atoms with van der Waals surface area (Å²) >= 11 is 12.9. The molecule has 1 fully saturated rings. The van der Waals surface area contributed by atoms with E-state index in [9.17, 15) is 4.79 Å². The van der Waals surface area contributed by atoms with Crippen molar-refractivity contribution in [2.75, 3.05) is 24.2 Å². The molecule has 0 atom stereocenters. The van der Waals surface area contributed by atoms with Gasteiger partial charge in [-0.05, 0) is 43.4 Å². The molecule has 0 bridgehead atoms. The van der Waals surface area contributed by atoms with Gasteiger partial charge in [0.2, 0.25) is 5.91 Å². The van der Waals surface area contributed by atoms with E-state index >= 15 is 0 Å². The van der Waals surface area contributed by atoms with Crippen LogP contribution in [-0.2, 0) is 4.79 Å². The van der Waals surface area contributed by atoms with Crippen LogP contribution in [-0.4, -0.2) is 34.0 Å². The summed E-state index contributed by atoms with van der Waals surface area (Å²) in [6.07, 6.45) is 2.35. The molecule has 1 aliphatic heterocycles. The van der Waals surface area contributed by atoms with Crippen molar-refractivity contribution in [1.82, 2.24) is 4.90 Å². The zero-order chi connectivity index (χ0) is 16.1. The van der Waals surface area contributed by atoms with Crippen LogP contribution < -0.4 is 5.32 Å². The SMILES string of the molecule is Cc1ccc(NC(=O)CSC(=S)N2CCC(C)CC2)cc1Cl. The topological polar surface area (TPSA) is 32.3 Å². The predicted octanol–water partition coefficient (Wildman–Crippen LogP) is 4.34. The molecule has 0 spiro atoms. The highest BCUT2D eigenvalue weighted by Crippen LogP contribution is 2.22. The number of rotatable bonds is 3. The van der Waals surface area contributed by atoms with Gasteiger partial charge in [-0.1, -0.05) is 48.6 Å². The largest absolute Gasteiger partial charge is 0.357 e. The van der Waals surface area contributed by atoms with Crippen LogP contribution in [0.3, 0.4) is 0 Å². The second kappa shape index (κ2) is 8.18. The third-order valence-corrected chi connectivity index (χ3v) is 5.75. The standard InChI is InChI=1S/C16H21ClN2OS2/c1-11-5-7-19(8-6-11)16(21)22-10-15(20)18-13-4-3-12(2)14(17)9-13/h3-4,9,11H,5-8,10H2,1-2H3,(H,18,20). The van der Waals surface area contributed by atoms with Crippen molar-refractivity contribution in [2.45, 2.75) is 26.7 Å². The maximum Gasteiger partial charge on any atom is 0.234 e. The van der Waals surface area contributed by atoms with Crippen LogP contribution >= 0.6 is 35.6 Å². The van der Waals surface area contributed by atoms with Crippen molar-refractivity contribution in [3.05, 3.63) is 28.8 Å². The lowest BCUT2D eigenvalue weighted by atomic mass is 10.00. The molecule has 1 aliphatic rings. The van der Waals surface area contributed by atoms with Gasteiger partial charge in [0.05, 0.1) is 5.75 Å². The number of thiocarbonyl (C=S) groups is 1. The average molecular weight is 357 g/mol. The fourth-order valence-corrected chi connectivity index (χ4v) is 3.51. The molecule has 2 rings (SSSR count). The predicted molar refractivity (Wildman–Crippen MR) is 99.8 cm³/mol. The van der Waals surface area contributed by atoms with Crippen molar-refractivity contribution >= 4 is 51.5 Å². The first-order valence-electron chi connectivity index (χ1n) is 7.43. The number of carbonyl (C=O) groups is 1. The van der Waals surface area contributed by atoms with Gasteiger partial charge in [-0.25, -0.2) is 0 Å². The number of amides is 1. The Bertz CT molecular complexity index is 557. The van der Waals surface area contributed by atoms with Crippen LogP contribution in [0.15, 0.2) is 18.2 Å². The van der Waals surface area contributed by atoms with Gasteiger partial charge in [0, 0.05) is 23.8 Å². The van der Waals surface area contributed by atoms with Gasteiger partial charge in [0.25, 0.3) is 0 Å². The first-order valence-corrected chi connectivity index (χ1v) is 9.20. The van der Waals surface area contributed by atoms with Crippen LogP contribution in [0.25, 0.3) is 0 Å². The summed E-state index contributed by atoms with van der Waals surface area (Å²) in [6.45, 7) is 6.21. The van der Waals surface area contributed by atoms with Gasteiger partial charge < -0.3 is 10.2 Å². The summed E-state index contributed by atoms with van der Waals surface area (Å²) in [5.41, 5.74) is 1.72. The van der Waals surface area contributed by atoms with Crippen LogP contribution in [0.1, 0.15) is 25.3 Å². The van der Waals surface area contributed by atoms with Crippen molar-refractivity contribution in [1.29, 1.82) is 0 Å². The Labute approximate surface area is 146 Å². The maximum atomic E-state index is 12.0. The van der Waals surface area contributed by atoms with Gasteiger partial charge in [0.1, 0.15) is 4.32 Å². The molecule has 1 aromatic rings. The minimum absolute atomic E-state index is 0.0577. The van der Waals surface area contributed by atoms with Gasteiger partial charge in [0.15, 0.2) is 0 Å². The third-order valence-electron chi connectivity index (χ3n) is 3.82. The number of anilines is 1. The summed E-state index contributed by atoms with van der Waals surface area (Å²) in [6, 6.07) is 5.52. The molecular formula is C16H21ClN2OS2. The summed E-state index contributed by atoms with van der Waals surface area (Å²) in [5, 5.41) is 3.51. The molecule has 120 valence electrons. The Morgan fingerprint density at radius 1 is 1.45 bits per heavy atom. The molecule has 1 saturated heterocycles. The second-order valence-electron chi connectivity index (χ2n) is 5.74. The van der Waals surface area contributed by atoms with Crippen molar-refractivity contribution < 1.29 is 4.79 Å². The number of piperidine rings is 1. The number of benzene rings is 1. The molecule has 6 heteroatoms. The van der Waals surface area contributed by atoms with Gasteiger partial charge in [-0.2, -0.15) is 0 Å². The number of hydrogen-bond donors (Lipinski definition) is 1. The number of halogens is 1. The number of likely N-dealkylation sites (tertiary alicyclic amines) is 1.